The van der Waals surface area contributed by atoms with Crippen LogP contribution in [-0.2, 0) is 19.6 Å². The Balaban J connectivity index is 2.37. The van der Waals surface area contributed by atoms with Crippen LogP contribution in [0.15, 0.2) is 23.1 Å². The first-order valence-corrected chi connectivity index (χ1v) is 9.03. The van der Waals surface area contributed by atoms with Gasteiger partial charge >= 0.3 is 5.97 Å². The summed E-state index contributed by atoms with van der Waals surface area (Å²) in [6, 6.07) is 4.49. The number of sulfonamides is 1. The summed E-state index contributed by atoms with van der Waals surface area (Å²) in [6.45, 7) is 2.10. The van der Waals surface area contributed by atoms with Gasteiger partial charge in [-0.05, 0) is 37.5 Å². The van der Waals surface area contributed by atoms with E-state index in [0.717, 1.165) is 12.8 Å². The molecule has 0 saturated carbocycles. The van der Waals surface area contributed by atoms with Crippen molar-refractivity contribution in [2.75, 3.05) is 13.7 Å². The molecule has 0 bridgehead atoms. The normalized spacial score (nSPS) is 19.9. The Bertz CT molecular complexity index is 660. The fourth-order valence-corrected chi connectivity index (χ4v) is 4.94. The molecule has 5 nitrogen and oxygen atoms in total. The molecule has 1 heterocycles. The van der Waals surface area contributed by atoms with Crippen molar-refractivity contribution in [3.05, 3.63) is 28.8 Å². The molecule has 1 fully saturated rings. The van der Waals surface area contributed by atoms with Crippen molar-refractivity contribution in [3.8, 4) is 0 Å². The molecule has 1 saturated heterocycles. The molecule has 0 spiro atoms. The third-order valence-corrected chi connectivity index (χ3v) is 6.51. The molecular weight excluding hydrogens is 326 g/mol. The van der Waals surface area contributed by atoms with E-state index in [1.807, 2.05) is 0 Å². The highest BCUT2D eigenvalue weighted by molar-refractivity contribution is 7.89. The number of hydrogen-bond donors (Lipinski definition) is 0. The van der Waals surface area contributed by atoms with Crippen LogP contribution in [-0.4, -0.2) is 38.4 Å². The van der Waals surface area contributed by atoms with E-state index < -0.39 is 16.0 Å². The number of rotatable bonds is 4. The van der Waals surface area contributed by atoms with Crippen molar-refractivity contribution in [1.82, 2.24) is 4.31 Å². The number of carbonyl (C=O) groups is 1. The zero-order valence-corrected chi connectivity index (χ0v) is 14.3. The van der Waals surface area contributed by atoms with E-state index in [0.29, 0.717) is 23.6 Å². The lowest BCUT2D eigenvalue weighted by Gasteiger charge is -2.34. The van der Waals surface area contributed by atoms with Gasteiger partial charge in [0.2, 0.25) is 10.0 Å². The molecule has 2 rings (SSSR count). The Morgan fingerprint density at radius 2 is 2.14 bits per heavy atom. The van der Waals surface area contributed by atoms with Crippen LogP contribution in [0.2, 0.25) is 5.02 Å². The molecule has 7 heteroatoms. The van der Waals surface area contributed by atoms with Gasteiger partial charge in [-0.1, -0.05) is 24.1 Å². The molecule has 0 N–H and O–H groups in total. The summed E-state index contributed by atoms with van der Waals surface area (Å²) in [5, 5.41) is 0.419. The first-order chi connectivity index (χ1) is 10.4. The minimum Gasteiger partial charge on any atom is -0.469 e. The quantitative estimate of drug-likeness (QED) is 0.787. The molecule has 1 atom stereocenters. The van der Waals surface area contributed by atoms with Crippen molar-refractivity contribution >= 4 is 27.6 Å². The maximum atomic E-state index is 13.0. The highest BCUT2D eigenvalue weighted by Crippen LogP contribution is 2.31. The monoisotopic (exact) mass is 345 g/mol. The van der Waals surface area contributed by atoms with E-state index in [-0.39, 0.29) is 17.4 Å². The molecule has 22 heavy (non-hydrogen) atoms. The number of benzene rings is 1. The summed E-state index contributed by atoms with van der Waals surface area (Å²) in [5.41, 5.74) is 0.534. The second-order valence-electron chi connectivity index (χ2n) is 5.41. The van der Waals surface area contributed by atoms with Gasteiger partial charge in [0.15, 0.2) is 0 Å². The molecule has 0 radical (unpaired) electrons. The maximum absolute atomic E-state index is 13.0. The predicted octanol–water partition coefficient (Wildman–Crippen LogP) is 2.75. The predicted molar refractivity (Wildman–Crippen MR) is 84.4 cm³/mol. The van der Waals surface area contributed by atoms with Gasteiger partial charge in [-0.3, -0.25) is 4.79 Å². The summed E-state index contributed by atoms with van der Waals surface area (Å²) in [7, 11) is -2.37. The lowest BCUT2D eigenvalue weighted by Crippen LogP contribution is -2.44. The Labute approximate surface area is 136 Å². The van der Waals surface area contributed by atoms with Crippen LogP contribution in [0.25, 0.3) is 0 Å². The highest BCUT2D eigenvalue weighted by Gasteiger charge is 2.35. The highest BCUT2D eigenvalue weighted by atomic mass is 35.5. The number of methoxy groups -OCH3 is 1. The van der Waals surface area contributed by atoms with E-state index >= 15 is 0 Å². The molecule has 1 aliphatic heterocycles. The molecule has 1 aliphatic rings. The summed E-state index contributed by atoms with van der Waals surface area (Å²) in [4.78, 5) is 11.8. The number of ether oxygens (including phenoxy) is 1. The topological polar surface area (TPSA) is 63.7 Å². The molecule has 1 aromatic rings. The molecule has 1 aromatic carbocycles. The van der Waals surface area contributed by atoms with E-state index in [9.17, 15) is 13.2 Å². The summed E-state index contributed by atoms with van der Waals surface area (Å²) < 4.78 is 32.0. The van der Waals surface area contributed by atoms with Gasteiger partial charge in [-0.25, -0.2) is 8.42 Å². The Morgan fingerprint density at radius 1 is 1.41 bits per heavy atom. The molecule has 122 valence electrons. The third-order valence-electron chi connectivity index (χ3n) is 4.01. The first kappa shape index (κ1) is 17.2. The number of halogens is 1. The van der Waals surface area contributed by atoms with Crippen LogP contribution in [0.5, 0.6) is 0 Å². The lowest BCUT2D eigenvalue weighted by atomic mass is 10.0. The summed E-state index contributed by atoms with van der Waals surface area (Å²) >= 11 is 6.04. The van der Waals surface area contributed by atoms with E-state index in [4.69, 9.17) is 11.6 Å². The summed E-state index contributed by atoms with van der Waals surface area (Å²) in [6.07, 6.45) is 2.43. The van der Waals surface area contributed by atoms with E-state index in [1.54, 1.807) is 25.1 Å². The Morgan fingerprint density at radius 3 is 2.82 bits per heavy atom. The second kappa shape index (κ2) is 6.98. The van der Waals surface area contributed by atoms with Crippen LogP contribution in [0.3, 0.4) is 0 Å². The summed E-state index contributed by atoms with van der Waals surface area (Å²) in [5.74, 6) is -0.394. The second-order valence-corrected chi connectivity index (χ2v) is 7.67. The van der Waals surface area contributed by atoms with Gasteiger partial charge in [0.1, 0.15) is 0 Å². The smallest absolute Gasteiger partial charge is 0.307 e. The van der Waals surface area contributed by atoms with E-state index in [1.165, 1.54) is 11.4 Å². The van der Waals surface area contributed by atoms with Crippen LogP contribution in [0.4, 0.5) is 0 Å². The first-order valence-electron chi connectivity index (χ1n) is 7.21. The lowest BCUT2D eigenvalue weighted by molar-refractivity contribution is -0.141. The van der Waals surface area contributed by atoms with Crippen molar-refractivity contribution in [2.24, 2.45) is 0 Å². The van der Waals surface area contributed by atoms with Crippen LogP contribution >= 0.6 is 11.6 Å². The molecule has 0 amide bonds. The van der Waals surface area contributed by atoms with Gasteiger partial charge in [0.25, 0.3) is 0 Å². The number of piperidine rings is 1. The Hall–Kier alpha value is -1.11. The number of nitrogens with zero attached hydrogens (tertiary/aromatic N) is 1. The van der Waals surface area contributed by atoms with Gasteiger partial charge in [-0.2, -0.15) is 4.31 Å². The van der Waals surface area contributed by atoms with Gasteiger partial charge in [-0.15, -0.1) is 0 Å². The van der Waals surface area contributed by atoms with Crippen LogP contribution in [0, 0.1) is 6.92 Å². The van der Waals surface area contributed by atoms with Crippen LogP contribution in [0.1, 0.15) is 31.2 Å². The average molecular weight is 346 g/mol. The van der Waals surface area contributed by atoms with Gasteiger partial charge < -0.3 is 4.74 Å². The zero-order valence-electron chi connectivity index (χ0n) is 12.7. The fourth-order valence-electron chi connectivity index (χ4n) is 2.76. The number of esters is 1. The number of hydrogen-bond acceptors (Lipinski definition) is 4. The molecular formula is C15H20ClNO4S. The minimum atomic E-state index is -3.68. The zero-order chi connectivity index (χ0) is 16.3. The van der Waals surface area contributed by atoms with Gasteiger partial charge in [0.05, 0.1) is 18.4 Å². The minimum absolute atomic E-state index is 0.0787. The Kier molecular flexibility index (Phi) is 5.47. The van der Waals surface area contributed by atoms with Crippen LogP contribution < -0.4 is 0 Å². The standard InChI is InChI=1S/C15H20ClNO4S/c1-11-13(16)7-5-8-14(11)22(19,20)17-9-4-3-6-12(17)10-15(18)21-2/h5,7-8,12H,3-4,6,9-10H2,1-2H3/t12-/m1/s1. The number of carbonyl (C=O) groups excluding carboxylic acids is 1. The van der Waals surface area contributed by atoms with Crippen molar-refractivity contribution in [3.63, 3.8) is 0 Å². The molecule has 0 unspecified atom stereocenters. The SMILES string of the molecule is COC(=O)C[C@H]1CCCCN1S(=O)(=O)c1cccc(Cl)c1C. The average Bonchev–Trinajstić information content (AvgIpc) is 2.50. The van der Waals surface area contributed by atoms with Gasteiger partial charge in [0, 0.05) is 17.6 Å². The molecule has 0 aliphatic carbocycles. The van der Waals surface area contributed by atoms with Crippen molar-refractivity contribution < 1.29 is 17.9 Å². The molecule has 0 aromatic heterocycles. The van der Waals surface area contributed by atoms with E-state index in [2.05, 4.69) is 4.74 Å². The van der Waals surface area contributed by atoms with Crippen molar-refractivity contribution in [2.45, 2.75) is 43.5 Å². The third kappa shape index (κ3) is 3.45. The van der Waals surface area contributed by atoms with Crippen molar-refractivity contribution in [1.29, 1.82) is 0 Å². The largest absolute Gasteiger partial charge is 0.469 e. The maximum Gasteiger partial charge on any atom is 0.307 e. The fraction of sp³-hybridized carbons (Fsp3) is 0.533.